The molecule has 0 amide bonds. The molecule has 16 heavy (non-hydrogen) atoms. The lowest BCUT2D eigenvalue weighted by Crippen LogP contribution is -2.13. The molecule has 0 unspecified atom stereocenters. The number of benzene rings is 1. The van der Waals surface area contributed by atoms with E-state index in [0.29, 0.717) is 10.6 Å². The van der Waals surface area contributed by atoms with Crippen molar-refractivity contribution in [3.8, 4) is 0 Å². The molecule has 88 valence electrons. The highest BCUT2D eigenvalue weighted by Gasteiger charge is 2.09. The number of carbonyl (C=O) groups is 1. The van der Waals surface area contributed by atoms with Gasteiger partial charge >= 0.3 is 6.16 Å². The van der Waals surface area contributed by atoms with Crippen molar-refractivity contribution in [2.75, 3.05) is 6.61 Å². The zero-order valence-electron chi connectivity index (χ0n) is 8.53. The molecule has 0 fully saturated rings. The molecule has 0 heterocycles. The van der Waals surface area contributed by atoms with E-state index in [4.69, 9.17) is 17.0 Å². The lowest BCUT2D eigenvalue weighted by atomic mass is 10.2. The Morgan fingerprint density at radius 2 is 1.94 bits per heavy atom. The van der Waals surface area contributed by atoms with E-state index in [2.05, 4.69) is 9.47 Å². The number of halogens is 2. The second-order valence-electron chi connectivity index (χ2n) is 2.62. The fraction of sp³-hybridized carbons (Fsp3) is 0.200. The van der Waals surface area contributed by atoms with Crippen LogP contribution in [-0.4, -0.2) is 18.7 Å². The van der Waals surface area contributed by atoms with Gasteiger partial charge in [0.2, 0.25) is 5.90 Å². The Morgan fingerprint density at radius 3 is 2.44 bits per heavy atom. The first-order chi connectivity index (χ1) is 7.13. The summed E-state index contributed by atoms with van der Waals surface area (Å²) in [5.74, 6) is -0.259. The molecule has 0 saturated carbocycles. The topological polar surface area (TPSA) is 59.4 Å². The highest BCUT2D eigenvalue weighted by atomic mass is 35.5. The molecule has 0 aromatic heterocycles. The van der Waals surface area contributed by atoms with Crippen LogP contribution in [0.3, 0.4) is 0 Å². The normalized spacial score (nSPS) is 8.88. The summed E-state index contributed by atoms with van der Waals surface area (Å²) in [6, 6.07) is 6.40. The van der Waals surface area contributed by atoms with Crippen molar-refractivity contribution in [3.63, 3.8) is 0 Å². The van der Waals surface area contributed by atoms with Gasteiger partial charge in [-0.25, -0.2) is 4.79 Å². The number of ether oxygens (including phenoxy) is 2. The summed E-state index contributed by atoms with van der Waals surface area (Å²) in [6.45, 7) is 1.87. The Balaban J connectivity index is 0.00000225. The van der Waals surface area contributed by atoms with Crippen LogP contribution in [0.15, 0.2) is 24.3 Å². The first-order valence-corrected chi connectivity index (χ1v) is 4.70. The third-order valence-electron chi connectivity index (χ3n) is 1.55. The van der Waals surface area contributed by atoms with Crippen molar-refractivity contribution < 1.29 is 14.3 Å². The lowest BCUT2D eigenvalue weighted by Gasteiger charge is -2.04. The van der Waals surface area contributed by atoms with Crippen LogP contribution in [0, 0.1) is 5.41 Å². The van der Waals surface area contributed by atoms with Gasteiger partial charge in [-0.2, -0.15) is 0 Å². The number of hydrogen-bond acceptors (Lipinski definition) is 4. The minimum atomic E-state index is -0.877. The Bertz CT molecular complexity index is 365. The summed E-state index contributed by atoms with van der Waals surface area (Å²) in [5, 5.41) is 8.00. The van der Waals surface area contributed by atoms with Gasteiger partial charge in [-0.15, -0.1) is 12.4 Å². The molecule has 0 aliphatic carbocycles. The van der Waals surface area contributed by atoms with E-state index in [1.807, 2.05) is 0 Å². The van der Waals surface area contributed by atoms with E-state index in [0.717, 1.165) is 0 Å². The molecule has 1 aromatic carbocycles. The maximum Gasteiger partial charge on any atom is 0.515 e. The van der Waals surface area contributed by atoms with Crippen LogP contribution in [0.4, 0.5) is 4.79 Å². The first kappa shape index (κ1) is 14.7. The van der Waals surface area contributed by atoms with Crippen molar-refractivity contribution >= 4 is 36.1 Å². The molecule has 1 rings (SSSR count). The lowest BCUT2D eigenvalue weighted by molar-refractivity contribution is 0.100. The number of hydrogen-bond donors (Lipinski definition) is 1. The van der Waals surface area contributed by atoms with Gasteiger partial charge in [-0.05, 0) is 31.2 Å². The summed E-state index contributed by atoms with van der Waals surface area (Å²) in [7, 11) is 0. The molecule has 0 aliphatic heterocycles. The van der Waals surface area contributed by atoms with Crippen molar-refractivity contribution in [2.45, 2.75) is 6.92 Å². The predicted molar refractivity (Wildman–Crippen MR) is 63.6 cm³/mol. The molecular formula is C10H11Cl2NO3. The minimum absolute atomic E-state index is 0. The summed E-state index contributed by atoms with van der Waals surface area (Å²) < 4.78 is 9.13. The van der Waals surface area contributed by atoms with Crippen LogP contribution in [0.2, 0.25) is 5.02 Å². The molecular weight excluding hydrogens is 253 g/mol. The van der Waals surface area contributed by atoms with Gasteiger partial charge in [0, 0.05) is 10.6 Å². The standard InChI is InChI=1S/C10H10ClNO3.ClH/c1-2-14-10(13)15-9(12)7-3-5-8(11)6-4-7;/h3-6,12H,2H2,1H3;1H. The number of rotatable bonds is 2. The van der Waals surface area contributed by atoms with E-state index >= 15 is 0 Å². The highest BCUT2D eigenvalue weighted by molar-refractivity contribution is 6.30. The second-order valence-corrected chi connectivity index (χ2v) is 3.06. The van der Waals surface area contributed by atoms with Crippen LogP contribution in [0.25, 0.3) is 0 Å². The molecule has 0 radical (unpaired) electrons. The van der Waals surface area contributed by atoms with E-state index in [-0.39, 0.29) is 24.9 Å². The van der Waals surface area contributed by atoms with E-state index in [9.17, 15) is 4.79 Å². The third-order valence-corrected chi connectivity index (χ3v) is 1.81. The SMILES string of the molecule is CCOC(=O)OC(=N)c1ccc(Cl)cc1.Cl. The van der Waals surface area contributed by atoms with Gasteiger partial charge in [0.1, 0.15) is 0 Å². The average molecular weight is 264 g/mol. The molecule has 6 heteroatoms. The van der Waals surface area contributed by atoms with Gasteiger partial charge in [0.25, 0.3) is 0 Å². The van der Waals surface area contributed by atoms with Gasteiger partial charge in [-0.3, -0.25) is 5.41 Å². The zero-order chi connectivity index (χ0) is 11.3. The molecule has 0 saturated heterocycles. The Hall–Kier alpha value is -1.26. The summed E-state index contributed by atoms with van der Waals surface area (Å²) >= 11 is 5.67. The van der Waals surface area contributed by atoms with Crippen LogP contribution >= 0.6 is 24.0 Å². The van der Waals surface area contributed by atoms with Crippen LogP contribution in [0.5, 0.6) is 0 Å². The Labute approximate surface area is 104 Å². The number of nitrogens with one attached hydrogen (secondary N) is 1. The largest absolute Gasteiger partial charge is 0.515 e. The van der Waals surface area contributed by atoms with E-state index < -0.39 is 6.16 Å². The fourth-order valence-electron chi connectivity index (χ4n) is 0.891. The van der Waals surface area contributed by atoms with Crippen molar-refractivity contribution in [3.05, 3.63) is 34.9 Å². The van der Waals surface area contributed by atoms with Crippen LogP contribution in [0.1, 0.15) is 12.5 Å². The zero-order valence-corrected chi connectivity index (χ0v) is 10.1. The molecule has 0 spiro atoms. The van der Waals surface area contributed by atoms with Gasteiger partial charge < -0.3 is 9.47 Å². The maximum atomic E-state index is 10.9. The summed E-state index contributed by atoms with van der Waals surface area (Å²) in [5.41, 5.74) is 0.465. The summed E-state index contributed by atoms with van der Waals surface area (Å²) in [4.78, 5) is 10.9. The minimum Gasteiger partial charge on any atom is -0.434 e. The predicted octanol–water partition coefficient (Wildman–Crippen LogP) is 3.26. The Kier molecular flexibility index (Phi) is 6.53. The van der Waals surface area contributed by atoms with Crippen molar-refractivity contribution in [1.29, 1.82) is 5.41 Å². The molecule has 0 atom stereocenters. The van der Waals surface area contributed by atoms with Crippen molar-refractivity contribution in [2.24, 2.45) is 0 Å². The third kappa shape index (κ3) is 4.51. The van der Waals surface area contributed by atoms with Gasteiger partial charge in [-0.1, -0.05) is 11.6 Å². The Morgan fingerprint density at radius 1 is 1.38 bits per heavy atom. The molecule has 1 N–H and O–H groups in total. The molecule has 4 nitrogen and oxygen atoms in total. The van der Waals surface area contributed by atoms with Gasteiger partial charge in [0.05, 0.1) is 6.61 Å². The highest BCUT2D eigenvalue weighted by Crippen LogP contribution is 2.10. The molecule has 1 aromatic rings. The molecule has 0 bridgehead atoms. The monoisotopic (exact) mass is 263 g/mol. The van der Waals surface area contributed by atoms with Crippen LogP contribution in [-0.2, 0) is 9.47 Å². The van der Waals surface area contributed by atoms with E-state index in [1.54, 1.807) is 31.2 Å². The van der Waals surface area contributed by atoms with Crippen LogP contribution < -0.4 is 0 Å². The molecule has 0 aliphatic rings. The van der Waals surface area contributed by atoms with E-state index in [1.165, 1.54) is 0 Å². The average Bonchev–Trinajstić information content (AvgIpc) is 2.18. The number of carbonyl (C=O) groups excluding carboxylic acids is 1. The second kappa shape index (κ2) is 7.09. The summed E-state index contributed by atoms with van der Waals surface area (Å²) in [6.07, 6.45) is -0.877. The fourth-order valence-corrected chi connectivity index (χ4v) is 1.02. The first-order valence-electron chi connectivity index (χ1n) is 4.32. The maximum absolute atomic E-state index is 10.9. The van der Waals surface area contributed by atoms with Gasteiger partial charge in [0.15, 0.2) is 0 Å². The smallest absolute Gasteiger partial charge is 0.434 e. The quantitative estimate of drug-likeness (QED) is 0.506. The van der Waals surface area contributed by atoms with Crippen molar-refractivity contribution in [1.82, 2.24) is 0 Å².